The van der Waals surface area contributed by atoms with Crippen molar-refractivity contribution in [2.24, 2.45) is 0 Å². The van der Waals surface area contributed by atoms with E-state index in [1.165, 1.54) is 12.1 Å². The molecule has 8 heteroatoms. The third-order valence-corrected chi connectivity index (χ3v) is 4.12. The van der Waals surface area contributed by atoms with Gasteiger partial charge >= 0.3 is 12.0 Å². The lowest BCUT2D eigenvalue weighted by Gasteiger charge is -2.18. The van der Waals surface area contributed by atoms with Crippen LogP contribution >= 0.6 is 11.6 Å². The number of ether oxygens (including phenoxy) is 1. The van der Waals surface area contributed by atoms with E-state index >= 15 is 0 Å². The van der Waals surface area contributed by atoms with Gasteiger partial charge in [-0.2, -0.15) is 0 Å². The smallest absolute Gasteiger partial charge is 0.326 e. The van der Waals surface area contributed by atoms with E-state index in [0.29, 0.717) is 17.0 Å². The van der Waals surface area contributed by atoms with Crippen molar-refractivity contribution < 1.29 is 23.9 Å². The van der Waals surface area contributed by atoms with Crippen LogP contribution in [0, 0.1) is 0 Å². The number of hydrogen-bond acceptors (Lipinski definition) is 5. The zero-order valence-electron chi connectivity index (χ0n) is 13.3. The Bertz CT molecular complexity index is 688. The summed E-state index contributed by atoms with van der Waals surface area (Å²) in [5, 5.41) is 3.02. The van der Waals surface area contributed by atoms with Gasteiger partial charge in [0.15, 0.2) is 12.4 Å². The molecule has 1 atom stereocenters. The van der Waals surface area contributed by atoms with Gasteiger partial charge < -0.3 is 10.1 Å². The molecular formula is C16H17ClN2O5. The van der Waals surface area contributed by atoms with Gasteiger partial charge in [-0.3, -0.25) is 19.3 Å². The van der Waals surface area contributed by atoms with Crippen molar-refractivity contribution in [1.29, 1.82) is 0 Å². The molecular weight excluding hydrogens is 336 g/mol. The van der Waals surface area contributed by atoms with Gasteiger partial charge in [0.05, 0.1) is 0 Å². The minimum Gasteiger partial charge on any atom is -0.456 e. The highest BCUT2D eigenvalue weighted by Gasteiger charge is 2.47. The van der Waals surface area contributed by atoms with Crippen molar-refractivity contribution in [1.82, 2.24) is 10.2 Å². The summed E-state index contributed by atoms with van der Waals surface area (Å²) in [5.41, 5.74) is -0.669. The molecule has 1 aromatic carbocycles. The molecule has 1 fully saturated rings. The maximum absolute atomic E-state index is 12.2. The number of rotatable bonds is 6. The van der Waals surface area contributed by atoms with Crippen molar-refractivity contribution in [3.63, 3.8) is 0 Å². The molecule has 128 valence electrons. The van der Waals surface area contributed by atoms with E-state index in [-0.39, 0.29) is 0 Å². The Balaban J connectivity index is 1.90. The van der Waals surface area contributed by atoms with Gasteiger partial charge in [0, 0.05) is 10.6 Å². The first-order chi connectivity index (χ1) is 11.3. The predicted molar refractivity (Wildman–Crippen MR) is 85.7 cm³/mol. The van der Waals surface area contributed by atoms with Crippen LogP contribution in [0.15, 0.2) is 24.3 Å². The number of esters is 1. The number of benzene rings is 1. The van der Waals surface area contributed by atoms with E-state index in [0.717, 1.165) is 4.90 Å². The summed E-state index contributed by atoms with van der Waals surface area (Å²) >= 11 is 5.73. The third-order valence-electron chi connectivity index (χ3n) is 3.87. The highest BCUT2D eigenvalue weighted by molar-refractivity contribution is 6.30. The van der Waals surface area contributed by atoms with Gasteiger partial charge in [0.1, 0.15) is 12.1 Å². The monoisotopic (exact) mass is 352 g/mol. The maximum atomic E-state index is 12.2. The molecule has 1 N–H and O–H groups in total. The topological polar surface area (TPSA) is 92.8 Å². The molecule has 7 nitrogen and oxygen atoms in total. The molecule has 1 heterocycles. The number of halogens is 1. The summed E-state index contributed by atoms with van der Waals surface area (Å²) in [4.78, 5) is 48.4. The van der Waals surface area contributed by atoms with Gasteiger partial charge in [-0.15, -0.1) is 0 Å². The standard InChI is InChI=1S/C16H17ClN2O5/c1-3-16(2)14(22)19(15(23)18-16)8-13(21)24-9-12(20)10-4-6-11(17)7-5-10/h4-7H,3,8-9H2,1-2H3,(H,18,23)/t16-/m1/s1. The molecule has 3 amide bonds. The van der Waals surface area contributed by atoms with Crippen LogP contribution in [0.1, 0.15) is 30.6 Å². The van der Waals surface area contributed by atoms with E-state index in [9.17, 15) is 19.2 Å². The average molecular weight is 353 g/mol. The van der Waals surface area contributed by atoms with E-state index < -0.39 is 42.4 Å². The Morgan fingerprint density at radius 2 is 1.88 bits per heavy atom. The second kappa shape index (κ2) is 7.00. The van der Waals surface area contributed by atoms with E-state index in [1.807, 2.05) is 0 Å². The van der Waals surface area contributed by atoms with Crippen molar-refractivity contribution >= 4 is 35.3 Å². The number of Topliss-reactive ketones (excluding diaryl/α,β-unsaturated/α-hetero) is 1. The zero-order chi connectivity index (χ0) is 17.9. The summed E-state index contributed by atoms with van der Waals surface area (Å²) in [7, 11) is 0. The zero-order valence-corrected chi connectivity index (χ0v) is 14.1. The lowest BCUT2D eigenvalue weighted by Crippen LogP contribution is -2.43. The van der Waals surface area contributed by atoms with Crippen LogP contribution in [0.5, 0.6) is 0 Å². The second-order valence-corrected chi connectivity index (χ2v) is 6.03. The van der Waals surface area contributed by atoms with Crippen molar-refractivity contribution in [2.45, 2.75) is 25.8 Å². The van der Waals surface area contributed by atoms with Crippen LogP contribution in [-0.4, -0.2) is 47.3 Å². The minimum atomic E-state index is -1.02. The predicted octanol–water partition coefficient (Wildman–Crippen LogP) is 1.79. The fourth-order valence-electron chi connectivity index (χ4n) is 2.17. The van der Waals surface area contributed by atoms with Crippen molar-refractivity contribution in [2.75, 3.05) is 13.2 Å². The first-order valence-electron chi connectivity index (χ1n) is 7.35. The maximum Gasteiger partial charge on any atom is 0.326 e. The lowest BCUT2D eigenvalue weighted by atomic mass is 9.99. The molecule has 0 spiro atoms. The number of amides is 3. The number of urea groups is 1. The molecule has 0 radical (unpaired) electrons. The quantitative estimate of drug-likeness (QED) is 0.478. The molecule has 24 heavy (non-hydrogen) atoms. The summed E-state index contributed by atoms with van der Waals surface area (Å²) in [5.74, 6) is -1.73. The van der Waals surface area contributed by atoms with Gasteiger partial charge in [0.2, 0.25) is 0 Å². The molecule has 0 saturated carbocycles. The second-order valence-electron chi connectivity index (χ2n) is 5.60. The van der Waals surface area contributed by atoms with Crippen molar-refractivity contribution in [3.8, 4) is 0 Å². The molecule has 0 unspecified atom stereocenters. The Morgan fingerprint density at radius 1 is 1.25 bits per heavy atom. The van der Waals surface area contributed by atoms with Gasteiger partial charge in [-0.05, 0) is 37.6 Å². The average Bonchev–Trinajstić information content (AvgIpc) is 2.77. The Morgan fingerprint density at radius 3 is 2.42 bits per heavy atom. The molecule has 1 aliphatic heterocycles. The number of carbonyl (C=O) groups is 4. The van der Waals surface area contributed by atoms with Crippen LogP contribution in [-0.2, 0) is 14.3 Å². The van der Waals surface area contributed by atoms with Crippen LogP contribution in [0.4, 0.5) is 4.79 Å². The summed E-state index contributed by atoms with van der Waals surface area (Å²) < 4.78 is 4.85. The Labute approximate surface area is 143 Å². The number of carbonyl (C=O) groups excluding carboxylic acids is 4. The molecule has 1 saturated heterocycles. The number of ketones is 1. The van der Waals surface area contributed by atoms with Crippen LogP contribution in [0.25, 0.3) is 0 Å². The summed E-state index contributed by atoms with van der Waals surface area (Å²) in [6, 6.07) is 5.49. The van der Waals surface area contributed by atoms with E-state index in [2.05, 4.69) is 5.32 Å². The largest absolute Gasteiger partial charge is 0.456 e. The third kappa shape index (κ3) is 3.73. The van der Waals surface area contributed by atoms with Gasteiger partial charge in [-0.25, -0.2) is 4.79 Å². The summed E-state index contributed by atoms with van der Waals surface area (Å²) in [6.45, 7) is 2.33. The SMILES string of the molecule is CC[C@@]1(C)NC(=O)N(CC(=O)OCC(=O)c2ccc(Cl)cc2)C1=O. The van der Waals surface area contributed by atoms with E-state index in [1.54, 1.807) is 26.0 Å². The number of nitrogens with zero attached hydrogens (tertiary/aromatic N) is 1. The summed E-state index contributed by atoms with van der Waals surface area (Å²) in [6.07, 6.45) is 0.401. The van der Waals surface area contributed by atoms with Crippen molar-refractivity contribution in [3.05, 3.63) is 34.9 Å². The molecule has 0 bridgehead atoms. The Kier molecular flexibility index (Phi) is 5.23. The van der Waals surface area contributed by atoms with Gasteiger partial charge in [0.25, 0.3) is 5.91 Å². The number of nitrogens with one attached hydrogen (secondary N) is 1. The molecule has 2 rings (SSSR count). The number of imide groups is 1. The minimum absolute atomic E-state index is 0.348. The molecule has 1 aliphatic rings. The fourth-order valence-corrected chi connectivity index (χ4v) is 2.30. The fraction of sp³-hybridized carbons (Fsp3) is 0.375. The first kappa shape index (κ1) is 17.9. The Hall–Kier alpha value is -2.41. The van der Waals surface area contributed by atoms with Crippen LogP contribution in [0.3, 0.4) is 0 Å². The van der Waals surface area contributed by atoms with E-state index in [4.69, 9.17) is 16.3 Å². The molecule has 0 aliphatic carbocycles. The molecule has 1 aromatic rings. The lowest BCUT2D eigenvalue weighted by molar-refractivity contribution is -0.146. The molecule has 0 aromatic heterocycles. The number of hydrogen-bond donors (Lipinski definition) is 1. The van der Waals surface area contributed by atoms with Gasteiger partial charge in [-0.1, -0.05) is 18.5 Å². The van der Waals surface area contributed by atoms with Crippen LogP contribution in [0.2, 0.25) is 5.02 Å². The van der Waals surface area contributed by atoms with Crippen LogP contribution < -0.4 is 5.32 Å². The first-order valence-corrected chi connectivity index (χ1v) is 7.73. The highest BCUT2D eigenvalue weighted by Crippen LogP contribution is 2.20. The normalized spacial score (nSPS) is 20.0. The highest BCUT2D eigenvalue weighted by atomic mass is 35.5.